The Hall–Kier alpha value is -1.06. The van der Waals surface area contributed by atoms with E-state index < -0.39 is 11.4 Å². The monoisotopic (exact) mass is 267 g/mol. The lowest BCUT2D eigenvalue weighted by Gasteiger charge is -2.42. The smallest absolute Gasteiger partial charge is 0.311 e. The number of nitrogens with zero attached hydrogens (tertiary/aromatic N) is 1. The van der Waals surface area contributed by atoms with Gasteiger partial charge in [0, 0.05) is 18.5 Å². The average molecular weight is 267 g/mol. The molecule has 0 aromatic heterocycles. The Morgan fingerprint density at radius 2 is 1.79 bits per heavy atom. The number of hydrogen-bond acceptors (Lipinski definition) is 2. The van der Waals surface area contributed by atoms with Gasteiger partial charge in [-0.25, -0.2) is 0 Å². The molecule has 2 rings (SSSR count). The topological polar surface area (TPSA) is 57.6 Å². The van der Waals surface area contributed by atoms with Crippen molar-refractivity contribution in [1.82, 2.24) is 4.90 Å². The molecule has 1 saturated heterocycles. The molecule has 1 saturated carbocycles. The van der Waals surface area contributed by atoms with E-state index in [4.69, 9.17) is 0 Å². The van der Waals surface area contributed by atoms with Gasteiger partial charge in [0.05, 0.1) is 5.41 Å². The van der Waals surface area contributed by atoms with E-state index in [2.05, 4.69) is 0 Å². The first-order valence-corrected chi connectivity index (χ1v) is 7.46. The van der Waals surface area contributed by atoms with Crippen molar-refractivity contribution in [3.05, 3.63) is 0 Å². The van der Waals surface area contributed by atoms with Gasteiger partial charge < -0.3 is 10.0 Å². The molecule has 1 atom stereocenters. The highest BCUT2D eigenvalue weighted by molar-refractivity contribution is 5.84. The second-order valence-electron chi connectivity index (χ2n) is 6.54. The molecule has 1 N–H and O–H groups in total. The third kappa shape index (κ3) is 2.49. The summed E-state index contributed by atoms with van der Waals surface area (Å²) in [4.78, 5) is 26.0. The number of piperidine rings is 1. The molecule has 1 unspecified atom stereocenters. The van der Waals surface area contributed by atoms with E-state index >= 15 is 0 Å². The van der Waals surface area contributed by atoms with Crippen LogP contribution in [0.4, 0.5) is 0 Å². The van der Waals surface area contributed by atoms with Gasteiger partial charge in [0.1, 0.15) is 0 Å². The SMILES string of the molecule is CCC1(C(=O)O)CCCN(C(=O)C2(C)CCCC2)C1. The van der Waals surface area contributed by atoms with Crippen LogP contribution >= 0.6 is 0 Å². The Bertz CT molecular complexity index is 374. The van der Waals surface area contributed by atoms with E-state index in [9.17, 15) is 14.7 Å². The van der Waals surface area contributed by atoms with Crippen LogP contribution in [-0.4, -0.2) is 35.0 Å². The molecule has 0 radical (unpaired) electrons. The van der Waals surface area contributed by atoms with E-state index in [1.165, 1.54) is 0 Å². The Labute approximate surface area is 115 Å². The summed E-state index contributed by atoms with van der Waals surface area (Å²) < 4.78 is 0. The van der Waals surface area contributed by atoms with Gasteiger partial charge in [0.2, 0.25) is 5.91 Å². The van der Waals surface area contributed by atoms with Crippen LogP contribution in [0.25, 0.3) is 0 Å². The molecule has 2 aliphatic rings. The van der Waals surface area contributed by atoms with Crippen molar-refractivity contribution in [3.63, 3.8) is 0 Å². The van der Waals surface area contributed by atoms with Gasteiger partial charge in [0.15, 0.2) is 0 Å². The van der Waals surface area contributed by atoms with Crippen LogP contribution < -0.4 is 0 Å². The predicted octanol–water partition coefficient (Wildman–Crippen LogP) is 2.67. The average Bonchev–Trinajstić information content (AvgIpc) is 2.86. The normalized spacial score (nSPS) is 30.3. The standard InChI is InChI=1S/C15H25NO3/c1-3-15(13(18)19)9-6-10-16(11-15)12(17)14(2)7-4-5-8-14/h3-11H2,1-2H3,(H,18,19). The first-order chi connectivity index (χ1) is 8.93. The molecule has 1 aliphatic carbocycles. The fraction of sp³-hybridized carbons (Fsp3) is 0.867. The minimum atomic E-state index is -0.746. The van der Waals surface area contributed by atoms with Crippen molar-refractivity contribution in [2.24, 2.45) is 10.8 Å². The van der Waals surface area contributed by atoms with Crippen molar-refractivity contribution in [3.8, 4) is 0 Å². The highest BCUT2D eigenvalue weighted by Gasteiger charge is 2.46. The fourth-order valence-corrected chi connectivity index (χ4v) is 3.67. The number of aliphatic carboxylic acids is 1. The second-order valence-corrected chi connectivity index (χ2v) is 6.54. The Morgan fingerprint density at radius 3 is 2.32 bits per heavy atom. The van der Waals surface area contributed by atoms with Crippen LogP contribution in [0.15, 0.2) is 0 Å². The summed E-state index contributed by atoms with van der Waals surface area (Å²) in [6.07, 6.45) is 6.25. The number of carboxylic acids is 1. The van der Waals surface area contributed by atoms with E-state index in [0.717, 1.165) is 38.6 Å². The summed E-state index contributed by atoms with van der Waals surface area (Å²) in [7, 11) is 0. The van der Waals surface area contributed by atoms with Crippen LogP contribution in [-0.2, 0) is 9.59 Å². The molecule has 1 amide bonds. The molecule has 19 heavy (non-hydrogen) atoms. The van der Waals surface area contributed by atoms with Crippen molar-refractivity contribution in [2.45, 2.75) is 58.8 Å². The third-order valence-corrected chi connectivity index (χ3v) is 5.22. The van der Waals surface area contributed by atoms with Gasteiger partial charge in [-0.05, 0) is 32.1 Å². The maximum Gasteiger partial charge on any atom is 0.311 e. The van der Waals surface area contributed by atoms with Crippen molar-refractivity contribution >= 4 is 11.9 Å². The van der Waals surface area contributed by atoms with Crippen LogP contribution in [0.3, 0.4) is 0 Å². The van der Waals surface area contributed by atoms with Gasteiger partial charge in [-0.15, -0.1) is 0 Å². The van der Waals surface area contributed by atoms with Crippen molar-refractivity contribution in [2.75, 3.05) is 13.1 Å². The maximum absolute atomic E-state index is 12.7. The Kier molecular flexibility index (Phi) is 3.88. The van der Waals surface area contributed by atoms with E-state index in [1.807, 2.05) is 18.7 Å². The summed E-state index contributed by atoms with van der Waals surface area (Å²) in [5.41, 5.74) is -0.960. The van der Waals surface area contributed by atoms with Crippen LogP contribution in [0.5, 0.6) is 0 Å². The number of rotatable bonds is 3. The molecule has 4 heteroatoms. The van der Waals surface area contributed by atoms with Gasteiger partial charge in [-0.2, -0.15) is 0 Å². The van der Waals surface area contributed by atoms with Crippen molar-refractivity contribution < 1.29 is 14.7 Å². The zero-order chi connectivity index (χ0) is 14.1. The lowest BCUT2D eigenvalue weighted by Crippen LogP contribution is -2.52. The van der Waals surface area contributed by atoms with Gasteiger partial charge in [-0.3, -0.25) is 9.59 Å². The first kappa shape index (κ1) is 14.4. The number of hydrogen-bond donors (Lipinski definition) is 1. The summed E-state index contributed by atoms with van der Waals surface area (Å²) >= 11 is 0. The quantitative estimate of drug-likeness (QED) is 0.855. The van der Waals surface area contributed by atoms with Gasteiger partial charge in [0.25, 0.3) is 0 Å². The van der Waals surface area contributed by atoms with E-state index in [1.54, 1.807) is 0 Å². The first-order valence-electron chi connectivity index (χ1n) is 7.46. The number of carboxylic acid groups (broad SMARTS) is 1. The molecule has 0 aromatic rings. The summed E-state index contributed by atoms with van der Waals surface area (Å²) in [5.74, 6) is -0.562. The Balaban J connectivity index is 2.13. The number of carbonyl (C=O) groups is 2. The zero-order valence-corrected chi connectivity index (χ0v) is 12.1. The number of amides is 1. The fourth-order valence-electron chi connectivity index (χ4n) is 3.67. The molecule has 0 spiro atoms. The largest absolute Gasteiger partial charge is 0.481 e. The third-order valence-electron chi connectivity index (χ3n) is 5.22. The second kappa shape index (κ2) is 5.14. The molecule has 1 aliphatic heterocycles. The van der Waals surface area contributed by atoms with Gasteiger partial charge >= 0.3 is 5.97 Å². The molecule has 0 aromatic carbocycles. The van der Waals surface area contributed by atoms with E-state index in [-0.39, 0.29) is 11.3 Å². The molecule has 1 heterocycles. The van der Waals surface area contributed by atoms with E-state index in [0.29, 0.717) is 19.4 Å². The molecule has 0 bridgehead atoms. The van der Waals surface area contributed by atoms with Gasteiger partial charge in [-0.1, -0.05) is 26.7 Å². The molecule has 4 nitrogen and oxygen atoms in total. The minimum absolute atomic E-state index is 0.184. The van der Waals surface area contributed by atoms with Crippen LogP contribution in [0, 0.1) is 10.8 Å². The molecular formula is C15H25NO3. The van der Waals surface area contributed by atoms with Crippen LogP contribution in [0.1, 0.15) is 58.8 Å². The highest BCUT2D eigenvalue weighted by atomic mass is 16.4. The number of carbonyl (C=O) groups excluding carboxylic acids is 1. The molecule has 108 valence electrons. The zero-order valence-electron chi connectivity index (χ0n) is 12.1. The number of likely N-dealkylation sites (tertiary alicyclic amines) is 1. The molecule has 2 fully saturated rings. The highest BCUT2D eigenvalue weighted by Crippen LogP contribution is 2.41. The maximum atomic E-state index is 12.7. The molecular weight excluding hydrogens is 242 g/mol. The Morgan fingerprint density at radius 1 is 1.16 bits per heavy atom. The van der Waals surface area contributed by atoms with Crippen LogP contribution in [0.2, 0.25) is 0 Å². The lowest BCUT2D eigenvalue weighted by molar-refractivity contribution is -0.157. The van der Waals surface area contributed by atoms with Crippen molar-refractivity contribution in [1.29, 1.82) is 0 Å². The summed E-state index contributed by atoms with van der Waals surface area (Å²) in [5, 5.41) is 9.48. The summed E-state index contributed by atoms with van der Waals surface area (Å²) in [6.45, 7) is 5.08. The summed E-state index contributed by atoms with van der Waals surface area (Å²) in [6, 6.07) is 0. The minimum Gasteiger partial charge on any atom is -0.481 e. The predicted molar refractivity (Wildman–Crippen MR) is 72.7 cm³/mol. The lowest BCUT2D eigenvalue weighted by atomic mass is 9.76.